The van der Waals surface area contributed by atoms with Crippen LogP contribution >= 0.6 is 0 Å². The first kappa shape index (κ1) is 23.2. The molecule has 2 aromatic carbocycles. The molecular weight excluding hydrogens is 428 g/mol. The van der Waals surface area contributed by atoms with Crippen LogP contribution in [-0.2, 0) is 4.79 Å². The second kappa shape index (κ2) is 10.7. The number of amides is 2. The van der Waals surface area contributed by atoms with Gasteiger partial charge in [-0.15, -0.1) is 0 Å². The molecule has 4 aromatic rings. The highest BCUT2D eigenvalue weighted by molar-refractivity contribution is 5.91. The molecule has 3 N–H and O–H groups in total. The lowest BCUT2D eigenvalue weighted by molar-refractivity contribution is -0.121. The van der Waals surface area contributed by atoms with E-state index in [0.717, 1.165) is 27.7 Å². The van der Waals surface area contributed by atoms with Crippen LogP contribution in [0.2, 0.25) is 0 Å². The van der Waals surface area contributed by atoms with E-state index < -0.39 is 0 Å². The van der Waals surface area contributed by atoms with E-state index >= 15 is 0 Å². The van der Waals surface area contributed by atoms with Crippen LogP contribution in [0.4, 0.5) is 5.69 Å². The number of fused-ring (bicyclic) bond motifs is 1. The molecule has 7 nitrogen and oxygen atoms in total. The van der Waals surface area contributed by atoms with Crippen molar-refractivity contribution in [1.29, 1.82) is 0 Å². The number of H-pyrrole nitrogens is 1. The number of benzene rings is 2. The monoisotopic (exact) mass is 458 g/mol. The summed E-state index contributed by atoms with van der Waals surface area (Å²) >= 11 is 0. The van der Waals surface area contributed by atoms with Crippen molar-refractivity contribution in [3.05, 3.63) is 90.0 Å². The van der Waals surface area contributed by atoms with Crippen LogP contribution in [0.15, 0.2) is 77.5 Å². The fourth-order valence-electron chi connectivity index (χ4n) is 4.04. The minimum atomic E-state index is -0.272. The van der Waals surface area contributed by atoms with Gasteiger partial charge in [-0.25, -0.2) is 0 Å². The lowest BCUT2D eigenvalue weighted by Crippen LogP contribution is -2.30. The number of hydrogen-bond donors (Lipinski definition) is 3. The Balaban J connectivity index is 1.39. The number of furan rings is 1. The van der Waals surface area contributed by atoms with Crippen LogP contribution in [0.5, 0.6) is 0 Å². The van der Waals surface area contributed by atoms with E-state index in [4.69, 9.17) is 4.42 Å². The Hall–Kier alpha value is -4.00. The SMILES string of the molecule is CN(C)c1ccc(C(CNC(=O)CCCNC(=O)c2ccco2)c2c[nH]c3ccccc23)cc1. The molecule has 0 aliphatic heterocycles. The maximum Gasteiger partial charge on any atom is 0.286 e. The van der Waals surface area contributed by atoms with E-state index in [-0.39, 0.29) is 23.5 Å². The van der Waals surface area contributed by atoms with Gasteiger partial charge < -0.3 is 24.9 Å². The molecule has 1 atom stereocenters. The summed E-state index contributed by atoms with van der Waals surface area (Å²) in [6.45, 7) is 0.894. The number of anilines is 1. The Bertz CT molecular complexity index is 1230. The quantitative estimate of drug-likeness (QED) is 0.309. The zero-order valence-corrected chi connectivity index (χ0v) is 19.5. The van der Waals surface area contributed by atoms with Crippen molar-refractivity contribution in [1.82, 2.24) is 15.6 Å². The summed E-state index contributed by atoms with van der Waals surface area (Å²) in [5.74, 6) is -0.0331. The number of para-hydroxylation sites is 1. The molecule has 176 valence electrons. The van der Waals surface area contributed by atoms with E-state index in [9.17, 15) is 9.59 Å². The molecule has 0 fully saturated rings. The highest BCUT2D eigenvalue weighted by Crippen LogP contribution is 2.31. The summed E-state index contributed by atoms with van der Waals surface area (Å²) in [4.78, 5) is 29.9. The van der Waals surface area contributed by atoms with Crippen LogP contribution in [0.1, 0.15) is 40.4 Å². The van der Waals surface area contributed by atoms with Gasteiger partial charge in [0.25, 0.3) is 5.91 Å². The predicted octanol–water partition coefficient (Wildman–Crippen LogP) is 4.29. The van der Waals surface area contributed by atoms with Crippen molar-refractivity contribution in [2.45, 2.75) is 18.8 Å². The third kappa shape index (κ3) is 5.49. The molecule has 0 aliphatic carbocycles. The van der Waals surface area contributed by atoms with E-state index in [1.54, 1.807) is 12.1 Å². The van der Waals surface area contributed by atoms with E-state index in [2.05, 4.69) is 56.9 Å². The second-order valence-corrected chi connectivity index (χ2v) is 8.47. The fourth-order valence-corrected chi connectivity index (χ4v) is 4.04. The second-order valence-electron chi connectivity index (χ2n) is 8.47. The summed E-state index contributed by atoms with van der Waals surface area (Å²) in [6.07, 6.45) is 4.37. The number of aromatic amines is 1. The topological polar surface area (TPSA) is 90.4 Å². The Morgan fingerprint density at radius 2 is 1.79 bits per heavy atom. The standard InChI is InChI=1S/C27H30N4O3/c1-31(2)20-13-11-19(12-14-20)22(23-18-29-24-8-4-3-7-21(23)24)17-30-26(32)10-5-15-28-27(33)25-9-6-16-34-25/h3-4,6-9,11-14,16,18,22,29H,5,10,15,17H2,1-2H3,(H,28,33)(H,30,32). The first-order valence-electron chi connectivity index (χ1n) is 11.4. The molecule has 4 rings (SSSR count). The van der Waals surface area contributed by atoms with Crippen molar-refractivity contribution in [3.63, 3.8) is 0 Å². The molecule has 2 amide bonds. The van der Waals surface area contributed by atoms with Gasteiger partial charge in [0.1, 0.15) is 0 Å². The van der Waals surface area contributed by atoms with Crippen molar-refractivity contribution in [2.24, 2.45) is 0 Å². The Morgan fingerprint density at radius 1 is 1.00 bits per heavy atom. The normalized spacial score (nSPS) is 11.8. The van der Waals surface area contributed by atoms with E-state index in [1.165, 1.54) is 6.26 Å². The van der Waals surface area contributed by atoms with Crippen LogP contribution < -0.4 is 15.5 Å². The zero-order valence-electron chi connectivity index (χ0n) is 19.5. The van der Waals surface area contributed by atoms with Gasteiger partial charge >= 0.3 is 0 Å². The molecule has 34 heavy (non-hydrogen) atoms. The van der Waals surface area contributed by atoms with Gasteiger partial charge in [0.2, 0.25) is 5.91 Å². The summed E-state index contributed by atoms with van der Waals surface area (Å²) in [5, 5.41) is 7.01. The van der Waals surface area contributed by atoms with Gasteiger partial charge in [-0.3, -0.25) is 9.59 Å². The number of carbonyl (C=O) groups is 2. The summed E-state index contributed by atoms with van der Waals surface area (Å²) in [6, 6.07) is 19.9. The molecule has 2 aromatic heterocycles. The molecule has 0 bridgehead atoms. The Labute approximate surface area is 199 Å². The van der Waals surface area contributed by atoms with Crippen LogP contribution in [0, 0.1) is 0 Å². The largest absolute Gasteiger partial charge is 0.459 e. The number of aromatic nitrogens is 1. The smallest absolute Gasteiger partial charge is 0.286 e. The van der Waals surface area contributed by atoms with Crippen LogP contribution in [-0.4, -0.2) is 44.0 Å². The van der Waals surface area contributed by atoms with Gasteiger partial charge in [0, 0.05) is 62.3 Å². The average Bonchev–Trinajstić information content (AvgIpc) is 3.53. The highest BCUT2D eigenvalue weighted by atomic mass is 16.3. The van der Waals surface area contributed by atoms with Gasteiger partial charge in [-0.1, -0.05) is 30.3 Å². The third-order valence-electron chi connectivity index (χ3n) is 5.92. The van der Waals surface area contributed by atoms with Crippen LogP contribution in [0.25, 0.3) is 10.9 Å². The molecule has 0 saturated carbocycles. The molecule has 2 heterocycles. The Kier molecular flexibility index (Phi) is 7.32. The minimum absolute atomic E-state index is 0.00923. The first-order chi connectivity index (χ1) is 16.5. The van der Waals surface area contributed by atoms with Gasteiger partial charge in [-0.2, -0.15) is 0 Å². The fraction of sp³-hybridized carbons (Fsp3) is 0.259. The number of nitrogens with one attached hydrogen (secondary N) is 3. The van der Waals surface area contributed by atoms with Gasteiger partial charge in [0.15, 0.2) is 5.76 Å². The van der Waals surface area contributed by atoms with Crippen molar-refractivity contribution in [3.8, 4) is 0 Å². The third-order valence-corrected chi connectivity index (χ3v) is 5.92. The summed E-state index contributed by atoms with van der Waals surface area (Å²) in [7, 11) is 4.03. The number of hydrogen-bond acceptors (Lipinski definition) is 4. The zero-order chi connectivity index (χ0) is 23.9. The molecule has 0 saturated heterocycles. The summed E-state index contributed by atoms with van der Waals surface area (Å²) in [5.41, 5.74) is 4.49. The number of nitrogens with zero attached hydrogens (tertiary/aromatic N) is 1. The first-order valence-corrected chi connectivity index (χ1v) is 11.4. The molecule has 1 unspecified atom stereocenters. The minimum Gasteiger partial charge on any atom is -0.459 e. The summed E-state index contributed by atoms with van der Waals surface area (Å²) < 4.78 is 5.07. The number of carbonyl (C=O) groups excluding carboxylic acids is 2. The lowest BCUT2D eigenvalue weighted by Gasteiger charge is -2.20. The maximum absolute atomic E-state index is 12.6. The van der Waals surface area contributed by atoms with Crippen molar-refractivity contribution < 1.29 is 14.0 Å². The molecule has 7 heteroatoms. The Morgan fingerprint density at radius 3 is 2.53 bits per heavy atom. The van der Waals surface area contributed by atoms with E-state index in [0.29, 0.717) is 25.9 Å². The molecule has 0 aliphatic rings. The number of rotatable bonds is 10. The lowest BCUT2D eigenvalue weighted by atomic mass is 9.90. The van der Waals surface area contributed by atoms with Gasteiger partial charge in [0.05, 0.1) is 6.26 Å². The van der Waals surface area contributed by atoms with Crippen molar-refractivity contribution >= 4 is 28.4 Å². The molecule has 0 radical (unpaired) electrons. The van der Waals surface area contributed by atoms with Gasteiger partial charge in [-0.05, 0) is 47.9 Å². The maximum atomic E-state index is 12.6. The van der Waals surface area contributed by atoms with Crippen molar-refractivity contribution in [2.75, 3.05) is 32.1 Å². The predicted molar refractivity (Wildman–Crippen MR) is 134 cm³/mol. The average molecular weight is 459 g/mol. The molecule has 0 spiro atoms. The molecular formula is C27H30N4O3. The highest BCUT2D eigenvalue weighted by Gasteiger charge is 2.19. The van der Waals surface area contributed by atoms with E-state index in [1.807, 2.05) is 32.4 Å². The van der Waals surface area contributed by atoms with Crippen LogP contribution in [0.3, 0.4) is 0 Å².